The highest BCUT2D eigenvalue weighted by atomic mass is 32.1. The zero-order chi connectivity index (χ0) is 45.0. The van der Waals surface area contributed by atoms with Crippen LogP contribution in [0.5, 0.6) is 0 Å². The molecule has 0 saturated carbocycles. The molecule has 4 nitrogen and oxygen atoms in total. The van der Waals surface area contributed by atoms with Gasteiger partial charge in [0.1, 0.15) is 0 Å². The SMILES string of the molecule is c1ccc(-c2ccc(-c3cc(-c4nc(-c5ccccc5)nc(-c5ccccc5)n4)cc(-c4ccc(-c5ccccc5)cc4)c3-n3c4ccccc4c4ccc5sc6ccccc6c5c43)cc2)cc1. The van der Waals surface area contributed by atoms with Crippen molar-refractivity contribution >= 4 is 53.3 Å². The molecule has 0 amide bonds. The van der Waals surface area contributed by atoms with Gasteiger partial charge in [-0.2, -0.15) is 0 Å². The molecule has 13 rings (SSSR count). The molecule has 0 radical (unpaired) electrons. The molecule has 13 aromatic rings. The number of rotatable bonds is 8. The molecule has 68 heavy (non-hydrogen) atoms. The fraction of sp³-hybridized carbons (Fsp3) is 0. The summed E-state index contributed by atoms with van der Waals surface area (Å²) in [5.41, 5.74) is 15.1. The number of fused-ring (bicyclic) bond motifs is 7. The number of benzene rings is 10. The molecule has 3 aromatic heterocycles. The number of para-hydroxylation sites is 1. The summed E-state index contributed by atoms with van der Waals surface area (Å²) >= 11 is 1.85. The number of aromatic nitrogens is 4. The highest BCUT2D eigenvalue weighted by Gasteiger charge is 2.25. The maximum atomic E-state index is 5.31. The van der Waals surface area contributed by atoms with Crippen molar-refractivity contribution in [2.45, 2.75) is 0 Å². The standard InChI is InChI=1S/C63H40N4S/c1-5-17-41(18-6-1)43-29-33-45(34-30-43)53-39-49(63-65-61(47-21-9-3-10-22-47)64-62(66-63)48-23-11-4-12-24-48)40-54(46-35-31-44(32-36-46)42-19-7-2-8-20-42)59(53)67-55-27-15-13-25-50(55)51-37-38-57-58(60(51)67)52-26-14-16-28-56(52)68-57/h1-40H. The van der Waals surface area contributed by atoms with Gasteiger partial charge in [0.2, 0.25) is 0 Å². The Labute approximate surface area is 397 Å². The smallest absolute Gasteiger partial charge is 0.164 e. The topological polar surface area (TPSA) is 43.6 Å². The van der Waals surface area contributed by atoms with Gasteiger partial charge in [0, 0.05) is 58.8 Å². The van der Waals surface area contributed by atoms with Crippen LogP contribution in [0.25, 0.3) is 126 Å². The lowest BCUT2D eigenvalue weighted by molar-refractivity contribution is 1.07. The zero-order valence-corrected chi connectivity index (χ0v) is 37.6. The number of hydrogen-bond acceptors (Lipinski definition) is 4. The minimum absolute atomic E-state index is 0.599. The Bertz CT molecular complexity index is 3810. The summed E-state index contributed by atoms with van der Waals surface area (Å²) in [6, 6.07) is 86.6. The van der Waals surface area contributed by atoms with Crippen LogP contribution < -0.4 is 0 Å². The quantitative estimate of drug-likeness (QED) is 0.153. The Kier molecular flexibility index (Phi) is 9.66. The summed E-state index contributed by atoms with van der Waals surface area (Å²) in [6.07, 6.45) is 0. The highest BCUT2D eigenvalue weighted by Crippen LogP contribution is 2.48. The molecule has 5 heteroatoms. The fourth-order valence-corrected chi connectivity index (χ4v) is 10.9. The molecule has 0 aliphatic heterocycles. The molecule has 0 N–H and O–H groups in total. The van der Waals surface area contributed by atoms with Crippen LogP contribution in [0.3, 0.4) is 0 Å². The van der Waals surface area contributed by atoms with Gasteiger partial charge in [-0.05, 0) is 63.7 Å². The van der Waals surface area contributed by atoms with E-state index in [2.05, 4.69) is 211 Å². The third-order valence-corrected chi connectivity index (χ3v) is 14.2. The first-order valence-corrected chi connectivity index (χ1v) is 23.7. The fourth-order valence-electron chi connectivity index (χ4n) is 9.83. The molecule has 0 aliphatic carbocycles. The van der Waals surface area contributed by atoms with Crippen LogP contribution in [0.2, 0.25) is 0 Å². The van der Waals surface area contributed by atoms with E-state index in [0.717, 1.165) is 61.3 Å². The molecule has 0 unspecified atom stereocenters. The lowest BCUT2D eigenvalue weighted by atomic mass is 9.91. The van der Waals surface area contributed by atoms with Gasteiger partial charge in [-0.15, -0.1) is 11.3 Å². The van der Waals surface area contributed by atoms with Gasteiger partial charge in [-0.25, -0.2) is 15.0 Å². The Morgan fingerprint density at radius 1 is 0.294 bits per heavy atom. The van der Waals surface area contributed by atoms with Crippen molar-refractivity contribution in [1.29, 1.82) is 0 Å². The lowest BCUT2D eigenvalue weighted by Crippen LogP contribution is -2.04. The molecule has 3 heterocycles. The van der Waals surface area contributed by atoms with Crippen LogP contribution in [0.4, 0.5) is 0 Å². The van der Waals surface area contributed by atoms with Crippen LogP contribution in [0.1, 0.15) is 0 Å². The molecular weight excluding hydrogens is 845 g/mol. The van der Waals surface area contributed by atoms with E-state index in [1.165, 1.54) is 47.6 Å². The second-order valence-electron chi connectivity index (χ2n) is 17.1. The summed E-state index contributed by atoms with van der Waals surface area (Å²) in [5, 5.41) is 4.94. The molecule has 0 aliphatic rings. The normalized spacial score (nSPS) is 11.5. The van der Waals surface area contributed by atoms with E-state index in [4.69, 9.17) is 15.0 Å². The summed E-state index contributed by atoms with van der Waals surface area (Å²) in [7, 11) is 0. The van der Waals surface area contributed by atoms with Crippen LogP contribution in [-0.2, 0) is 0 Å². The largest absolute Gasteiger partial charge is 0.307 e. The van der Waals surface area contributed by atoms with E-state index >= 15 is 0 Å². The summed E-state index contributed by atoms with van der Waals surface area (Å²) in [6.45, 7) is 0. The van der Waals surface area contributed by atoms with Crippen LogP contribution in [0, 0.1) is 0 Å². The van der Waals surface area contributed by atoms with Crippen molar-refractivity contribution in [3.05, 3.63) is 243 Å². The minimum Gasteiger partial charge on any atom is -0.307 e. The number of hydrogen-bond donors (Lipinski definition) is 0. The predicted molar refractivity (Wildman–Crippen MR) is 285 cm³/mol. The average molecular weight is 885 g/mol. The van der Waals surface area contributed by atoms with Crippen molar-refractivity contribution < 1.29 is 0 Å². The maximum absolute atomic E-state index is 5.31. The van der Waals surface area contributed by atoms with Crippen molar-refractivity contribution in [2.24, 2.45) is 0 Å². The van der Waals surface area contributed by atoms with Crippen molar-refractivity contribution in [1.82, 2.24) is 19.5 Å². The average Bonchev–Trinajstić information content (AvgIpc) is 3.97. The van der Waals surface area contributed by atoms with E-state index in [1.807, 2.05) is 47.7 Å². The van der Waals surface area contributed by atoms with Crippen molar-refractivity contribution in [3.8, 4) is 84.4 Å². The second-order valence-corrected chi connectivity index (χ2v) is 18.2. The Hall–Kier alpha value is -8.77. The van der Waals surface area contributed by atoms with Gasteiger partial charge < -0.3 is 4.57 Å². The van der Waals surface area contributed by atoms with Crippen LogP contribution >= 0.6 is 11.3 Å². The molecule has 0 bridgehead atoms. The molecular formula is C63H40N4S. The summed E-state index contributed by atoms with van der Waals surface area (Å²) in [4.78, 5) is 15.7. The van der Waals surface area contributed by atoms with E-state index in [0.29, 0.717) is 17.5 Å². The Morgan fingerprint density at radius 3 is 1.24 bits per heavy atom. The molecule has 0 saturated heterocycles. The first-order chi connectivity index (χ1) is 33.7. The number of nitrogens with zero attached hydrogens (tertiary/aromatic N) is 4. The lowest BCUT2D eigenvalue weighted by Gasteiger charge is -2.22. The highest BCUT2D eigenvalue weighted by molar-refractivity contribution is 7.26. The van der Waals surface area contributed by atoms with Crippen LogP contribution in [0.15, 0.2) is 243 Å². The van der Waals surface area contributed by atoms with Gasteiger partial charge in [0.25, 0.3) is 0 Å². The van der Waals surface area contributed by atoms with E-state index in [1.54, 1.807) is 0 Å². The summed E-state index contributed by atoms with van der Waals surface area (Å²) < 4.78 is 5.08. The zero-order valence-electron chi connectivity index (χ0n) is 36.8. The molecule has 0 fully saturated rings. The van der Waals surface area contributed by atoms with Gasteiger partial charge in [0.15, 0.2) is 17.5 Å². The monoisotopic (exact) mass is 884 g/mol. The molecule has 318 valence electrons. The molecule has 0 spiro atoms. The molecule has 0 atom stereocenters. The first-order valence-electron chi connectivity index (χ1n) is 22.9. The van der Waals surface area contributed by atoms with Crippen molar-refractivity contribution in [3.63, 3.8) is 0 Å². The first kappa shape index (κ1) is 39.6. The third kappa shape index (κ3) is 6.88. The van der Waals surface area contributed by atoms with Crippen LogP contribution in [-0.4, -0.2) is 19.5 Å². The minimum atomic E-state index is 0.599. The van der Waals surface area contributed by atoms with E-state index in [-0.39, 0.29) is 0 Å². The summed E-state index contributed by atoms with van der Waals surface area (Å²) in [5.74, 6) is 1.84. The third-order valence-electron chi connectivity index (χ3n) is 13.1. The Balaban J connectivity index is 1.17. The maximum Gasteiger partial charge on any atom is 0.164 e. The van der Waals surface area contributed by atoms with Gasteiger partial charge in [0.05, 0.1) is 16.7 Å². The predicted octanol–water partition coefficient (Wildman–Crippen LogP) is 17.0. The van der Waals surface area contributed by atoms with E-state index < -0.39 is 0 Å². The second kappa shape index (κ2) is 16.6. The van der Waals surface area contributed by atoms with E-state index in [9.17, 15) is 0 Å². The number of thiophene rings is 1. The van der Waals surface area contributed by atoms with Gasteiger partial charge in [-0.3, -0.25) is 0 Å². The molecule has 10 aromatic carbocycles. The Morgan fingerprint density at radius 2 is 0.706 bits per heavy atom. The van der Waals surface area contributed by atoms with Crippen molar-refractivity contribution in [2.75, 3.05) is 0 Å². The van der Waals surface area contributed by atoms with Gasteiger partial charge in [-0.1, -0.05) is 212 Å². The van der Waals surface area contributed by atoms with Gasteiger partial charge >= 0.3 is 0 Å².